The summed E-state index contributed by atoms with van der Waals surface area (Å²) < 4.78 is 22.8. The van der Waals surface area contributed by atoms with Gasteiger partial charge in [-0.2, -0.15) is 0 Å². The number of carboxylic acids is 1. The highest BCUT2D eigenvalue weighted by molar-refractivity contribution is 7.91. The highest BCUT2D eigenvalue weighted by atomic mass is 32.2. The molecule has 2 heterocycles. The third kappa shape index (κ3) is 1.76. The zero-order valence-corrected chi connectivity index (χ0v) is 9.29. The molecular weight excluding hydrogens is 218 g/mol. The molecule has 1 atom stereocenters. The van der Waals surface area contributed by atoms with E-state index >= 15 is 0 Å². The second-order valence-corrected chi connectivity index (χ2v) is 6.56. The van der Waals surface area contributed by atoms with Crippen LogP contribution in [0.5, 0.6) is 0 Å². The molecular formula is C9H15NO4S. The van der Waals surface area contributed by atoms with E-state index in [9.17, 15) is 18.3 Å². The molecule has 2 aliphatic rings. The monoisotopic (exact) mass is 233 g/mol. The van der Waals surface area contributed by atoms with Crippen LogP contribution < -0.4 is 0 Å². The molecule has 1 N–H and O–H groups in total. The van der Waals surface area contributed by atoms with E-state index in [0.29, 0.717) is 13.1 Å². The molecule has 0 amide bonds. The Hall–Kier alpha value is -0.620. The molecule has 6 heteroatoms. The average molecular weight is 233 g/mol. The van der Waals surface area contributed by atoms with Gasteiger partial charge < -0.3 is 5.11 Å². The van der Waals surface area contributed by atoms with E-state index in [1.807, 2.05) is 4.90 Å². The molecule has 1 unspecified atom stereocenters. The van der Waals surface area contributed by atoms with Crippen LogP contribution in [-0.2, 0) is 14.6 Å². The van der Waals surface area contributed by atoms with Gasteiger partial charge in [-0.25, -0.2) is 8.42 Å². The summed E-state index contributed by atoms with van der Waals surface area (Å²) >= 11 is 0. The van der Waals surface area contributed by atoms with E-state index < -0.39 is 21.3 Å². The highest BCUT2D eigenvalue weighted by Crippen LogP contribution is 2.32. The number of carbonyl (C=O) groups is 1. The van der Waals surface area contributed by atoms with Crippen LogP contribution in [0.2, 0.25) is 0 Å². The number of sulfone groups is 1. The van der Waals surface area contributed by atoms with Crippen LogP contribution in [0.4, 0.5) is 0 Å². The fraction of sp³-hybridized carbons (Fsp3) is 0.889. The maximum atomic E-state index is 11.4. The van der Waals surface area contributed by atoms with E-state index in [-0.39, 0.29) is 17.9 Å². The smallest absolute Gasteiger partial charge is 0.325 e. The van der Waals surface area contributed by atoms with E-state index in [4.69, 9.17) is 0 Å². The lowest BCUT2D eigenvalue weighted by atomic mass is 9.97. The molecule has 0 aromatic rings. The lowest BCUT2D eigenvalue weighted by molar-refractivity contribution is -0.149. The van der Waals surface area contributed by atoms with E-state index in [0.717, 1.165) is 12.8 Å². The van der Waals surface area contributed by atoms with Crippen molar-refractivity contribution in [2.24, 2.45) is 0 Å². The zero-order chi connectivity index (χ0) is 11.1. The van der Waals surface area contributed by atoms with Crippen molar-refractivity contribution in [3.8, 4) is 0 Å². The van der Waals surface area contributed by atoms with Crippen LogP contribution in [0.1, 0.15) is 19.3 Å². The Bertz CT molecular complexity index is 372. The van der Waals surface area contributed by atoms with Gasteiger partial charge in [0, 0.05) is 0 Å². The molecule has 0 bridgehead atoms. The number of hydrogen-bond donors (Lipinski definition) is 1. The molecule has 0 aliphatic carbocycles. The minimum absolute atomic E-state index is 0.00972. The van der Waals surface area contributed by atoms with Gasteiger partial charge in [-0.1, -0.05) is 0 Å². The summed E-state index contributed by atoms with van der Waals surface area (Å²) in [7, 11) is -3.16. The SMILES string of the molecule is O=C(O)C1(N2CCCC2)CCS(=O)(=O)C1. The standard InChI is InChI=1S/C9H15NO4S/c11-8(12)9(10-4-1-2-5-10)3-6-15(13,14)7-9/h1-7H2,(H,11,12). The summed E-state index contributed by atoms with van der Waals surface area (Å²) in [6.45, 7) is 1.42. The first-order valence-corrected chi connectivity index (χ1v) is 6.97. The Labute approximate surface area is 89.0 Å². The Kier molecular flexibility index (Phi) is 2.50. The summed E-state index contributed by atoms with van der Waals surface area (Å²) in [6.07, 6.45) is 2.18. The van der Waals surface area contributed by atoms with Gasteiger partial charge in [-0.3, -0.25) is 9.69 Å². The summed E-state index contributed by atoms with van der Waals surface area (Å²) in [5, 5.41) is 9.25. The van der Waals surface area contributed by atoms with Gasteiger partial charge >= 0.3 is 5.97 Å². The minimum atomic E-state index is -3.16. The number of carboxylic acid groups (broad SMARTS) is 1. The van der Waals surface area contributed by atoms with Gasteiger partial charge in [0.25, 0.3) is 0 Å². The van der Waals surface area contributed by atoms with Crippen molar-refractivity contribution in [3.05, 3.63) is 0 Å². The van der Waals surface area contributed by atoms with Crippen LogP contribution in [-0.4, -0.2) is 54.5 Å². The molecule has 2 fully saturated rings. The number of nitrogens with zero attached hydrogens (tertiary/aromatic N) is 1. The number of aliphatic carboxylic acids is 1. The zero-order valence-electron chi connectivity index (χ0n) is 8.48. The number of likely N-dealkylation sites (tertiary alicyclic amines) is 1. The molecule has 86 valence electrons. The first kappa shape index (κ1) is 10.9. The van der Waals surface area contributed by atoms with E-state index in [1.54, 1.807) is 0 Å². The first-order valence-electron chi connectivity index (χ1n) is 5.15. The fourth-order valence-corrected chi connectivity index (χ4v) is 4.50. The molecule has 0 aromatic heterocycles. The Balaban J connectivity index is 2.30. The van der Waals surface area contributed by atoms with E-state index in [1.165, 1.54) is 0 Å². The summed E-state index contributed by atoms with van der Waals surface area (Å²) in [5.41, 5.74) is -1.13. The van der Waals surface area contributed by atoms with Crippen molar-refractivity contribution in [1.82, 2.24) is 4.90 Å². The van der Waals surface area contributed by atoms with Crippen molar-refractivity contribution >= 4 is 15.8 Å². The van der Waals surface area contributed by atoms with Gasteiger partial charge in [0.1, 0.15) is 5.54 Å². The Morgan fingerprint density at radius 2 is 1.87 bits per heavy atom. The molecule has 0 saturated carbocycles. The van der Waals surface area contributed by atoms with Crippen LogP contribution in [0.3, 0.4) is 0 Å². The molecule has 2 rings (SSSR count). The third-order valence-corrected chi connectivity index (χ3v) is 5.14. The largest absolute Gasteiger partial charge is 0.480 e. The molecule has 15 heavy (non-hydrogen) atoms. The van der Waals surface area contributed by atoms with Crippen molar-refractivity contribution in [3.63, 3.8) is 0 Å². The molecule has 2 saturated heterocycles. The molecule has 2 aliphatic heterocycles. The lowest BCUT2D eigenvalue weighted by Gasteiger charge is -2.33. The van der Waals surface area contributed by atoms with Gasteiger partial charge in [-0.05, 0) is 32.4 Å². The van der Waals surface area contributed by atoms with Crippen molar-refractivity contribution in [1.29, 1.82) is 0 Å². The molecule has 0 spiro atoms. The average Bonchev–Trinajstić information content (AvgIpc) is 2.71. The maximum Gasteiger partial charge on any atom is 0.325 e. The van der Waals surface area contributed by atoms with Gasteiger partial charge in [0.15, 0.2) is 9.84 Å². The van der Waals surface area contributed by atoms with Crippen molar-refractivity contribution < 1.29 is 18.3 Å². The molecule has 5 nitrogen and oxygen atoms in total. The predicted octanol–water partition coefficient (Wildman–Crippen LogP) is -0.276. The summed E-state index contributed by atoms with van der Waals surface area (Å²) in [6, 6.07) is 0. The number of hydrogen-bond acceptors (Lipinski definition) is 4. The van der Waals surface area contributed by atoms with Gasteiger partial charge in [0.05, 0.1) is 11.5 Å². The van der Waals surface area contributed by atoms with Crippen molar-refractivity contribution in [2.75, 3.05) is 24.6 Å². The van der Waals surface area contributed by atoms with Gasteiger partial charge in [-0.15, -0.1) is 0 Å². The first-order chi connectivity index (χ1) is 6.96. The fourth-order valence-electron chi connectivity index (χ4n) is 2.53. The molecule has 0 radical (unpaired) electrons. The minimum Gasteiger partial charge on any atom is -0.480 e. The van der Waals surface area contributed by atoms with Gasteiger partial charge in [0.2, 0.25) is 0 Å². The molecule has 0 aromatic carbocycles. The predicted molar refractivity (Wildman–Crippen MR) is 54.4 cm³/mol. The normalized spacial score (nSPS) is 35.7. The topological polar surface area (TPSA) is 74.7 Å². The second-order valence-electron chi connectivity index (χ2n) is 4.37. The highest BCUT2D eigenvalue weighted by Gasteiger charge is 2.52. The van der Waals surface area contributed by atoms with Crippen LogP contribution in [0.15, 0.2) is 0 Å². The third-order valence-electron chi connectivity index (χ3n) is 3.39. The Morgan fingerprint density at radius 1 is 1.27 bits per heavy atom. The summed E-state index contributed by atoms with van der Waals surface area (Å²) in [5.74, 6) is -1.18. The number of rotatable bonds is 2. The van der Waals surface area contributed by atoms with Crippen LogP contribution in [0.25, 0.3) is 0 Å². The van der Waals surface area contributed by atoms with Crippen LogP contribution in [0, 0.1) is 0 Å². The van der Waals surface area contributed by atoms with Crippen molar-refractivity contribution in [2.45, 2.75) is 24.8 Å². The van der Waals surface area contributed by atoms with Crippen LogP contribution >= 0.6 is 0 Å². The lowest BCUT2D eigenvalue weighted by Crippen LogP contribution is -2.54. The Morgan fingerprint density at radius 3 is 2.27 bits per heavy atom. The maximum absolute atomic E-state index is 11.4. The quantitative estimate of drug-likeness (QED) is 0.710. The van der Waals surface area contributed by atoms with E-state index in [2.05, 4.69) is 0 Å². The second kappa shape index (κ2) is 3.45. The summed E-state index contributed by atoms with van der Waals surface area (Å²) in [4.78, 5) is 13.1.